The molecule has 0 unspecified atom stereocenters. The Bertz CT molecular complexity index is 225. The van der Waals surface area contributed by atoms with Gasteiger partial charge in [0, 0.05) is 13.6 Å². The van der Waals surface area contributed by atoms with E-state index < -0.39 is 5.60 Å². The number of nitrogens with zero attached hydrogens (tertiary/aromatic N) is 1. The summed E-state index contributed by atoms with van der Waals surface area (Å²) in [5.41, 5.74) is -0.626. The van der Waals surface area contributed by atoms with Crippen LogP contribution in [0.1, 0.15) is 13.8 Å². The molecule has 0 bridgehead atoms. The van der Waals surface area contributed by atoms with Crippen molar-refractivity contribution >= 4 is 16.3 Å². The van der Waals surface area contributed by atoms with Gasteiger partial charge in [-0.3, -0.25) is 0 Å². The van der Waals surface area contributed by atoms with Crippen LogP contribution in [0.25, 0.3) is 0 Å². The Hall–Kier alpha value is -0.540. The first-order valence-corrected chi connectivity index (χ1v) is 4.84. The van der Waals surface area contributed by atoms with E-state index in [1.807, 2.05) is 32.3 Å². The maximum atomic E-state index is 9.55. The monoisotopic (exact) mass is 185 g/mol. The van der Waals surface area contributed by atoms with Crippen molar-refractivity contribution in [3.05, 3.63) is 17.5 Å². The molecule has 0 radical (unpaired) electrons. The number of hydrogen-bond acceptors (Lipinski definition) is 3. The molecule has 0 amide bonds. The summed E-state index contributed by atoms with van der Waals surface area (Å²) in [6, 6.07) is 4.07. The van der Waals surface area contributed by atoms with E-state index in [1.165, 1.54) is 5.00 Å². The molecule has 68 valence electrons. The molecule has 1 rings (SSSR count). The van der Waals surface area contributed by atoms with E-state index in [4.69, 9.17) is 0 Å². The minimum absolute atomic E-state index is 0.626. The number of thiophene rings is 1. The third-order valence-corrected chi connectivity index (χ3v) is 2.49. The van der Waals surface area contributed by atoms with Gasteiger partial charge in [-0.15, -0.1) is 11.3 Å². The predicted octanol–water partition coefficient (Wildman–Crippen LogP) is 1.96. The molecule has 0 saturated heterocycles. The number of aliphatic hydroxyl groups is 1. The maximum absolute atomic E-state index is 9.55. The molecule has 1 heterocycles. The molecule has 0 aliphatic heterocycles. The predicted molar refractivity (Wildman–Crippen MR) is 53.9 cm³/mol. The summed E-state index contributed by atoms with van der Waals surface area (Å²) in [5.74, 6) is 0. The molecule has 3 heteroatoms. The third kappa shape index (κ3) is 2.83. The van der Waals surface area contributed by atoms with E-state index >= 15 is 0 Å². The van der Waals surface area contributed by atoms with Crippen LogP contribution in [0.15, 0.2) is 17.5 Å². The minimum Gasteiger partial charge on any atom is -0.389 e. The van der Waals surface area contributed by atoms with Crippen LogP contribution in [0.5, 0.6) is 0 Å². The zero-order chi connectivity index (χ0) is 9.19. The van der Waals surface area contributed by atoms with E-state index in [2.05, 4.69) is 11.0 Å². The third-order valence-electron chi connectivity index (χ3n) is 1.51. The molecule has 0 spiro atoms. The highest BCUT2D eigenvalue weighted by molar-refractivity contribution is 7.14. The highest BCUT2D eigenvalue weighted by Gasteiger charge is 2.15. The molecular formula is C9H15NOS. The van der Waals surface area contributed by atoms with E-state index in [1.54, 1.807) is 11.3 Å². The average molecular weight is 185 g/mol. The van der Waals surface area contributed by atoms with Crippen LogP contribution in [0.2, 0.25) is 0 Å². The van der Waals surface area contributed by atoms with Gasteiger partial charge in [0.1, 0.15) is 0 Å². The fourth-order valence-electron chi connectivity index (χ4n) is 1.15. The van der Waals surface area contributed by atoms with Crippen LogP contribution in [-0.2, 0) is 0 Å². The molecule has 1 aromatic rings. The molecule has 0 aliphatic carbocycles. The second-order valence-electron chi connectivity index (χ2n) is 3.62. The molecule has 1 aromatic heterocycles. The van der Waals surface area contributed by atoms with Crippen LogP contribution >= 0.6 is 11.3 Å². The summed E-state index contributed by atoms with van der Waals surface area (Å²) in [6.07, 6.45) is 0. The lowest BCUT2D eigenvalue weighted by molar-refractivity contribution is 0.0887. The van der Waals surface area contributed by atoms with E-state index in [9.17, 15) is 5.11 Å². The molecule has 0 aliphatic rings. The standard InChI is InChI=1S/C9H15NOS/c1-9(2,11)7-10(3)8-5-4-6-12-8/h4-6,11H,7H2,1-3H3. The average Bonchev–Trinajstić information content (AvgIpc) is 2.32. The van der Waals surface area contributed by atoms with E-state index in [0.29, 0.717) is 6.54 Å². The second-order valence-corrected chi connectivity index (χ2v) is 4.55. The first-order chi connectivity index (χ1) is 5.49. The lowest BCUT2D eigenvalue weighted by atomic mass is 10.1. The normalized spacial score (nSPS) is 11.7. The van der Waals surface area contributed by atoms with E-state index in [-0.39, 0.29) is 0 Å². The zero-order valence-electron chi connectivity index (χ0n) is 7.74. The van der Waals surface area contributed by atoms with Crippen molar-refractivity contribution in [1.29, 1.82) is 0 Å². The van der Waals surface area contributed by atoms with Crippen molar-refractivity contribution in [2.45, 2.75) is 19.4 Å². The van der Waals surface area contributed by atoms with Crippen LogP contribution < -0.4 is 4.90 Å². The summed E-state index contributed by atoms with van der Waals surface area (Å²) in [7, 11) is 1.99. The molecule has 12 heavy (non-hydrogen) atoms. The smallest absolute Gasteiger partial charge is 0.0906 e. The van der Waals surface area contributed by atoms with Gasteiger partial charge in [0.25, 0.3) is 0 Å². The number of hydrogen-bond donors (Lipinski definition) is 1. The Kier molecular flexibility index (Phi) is 2.75. The van der Waals surface area contributed by atoms with Gasteiger partial charge in [-0.05, 0) is 31.4 Å². The van der Waals surface area contributed by atoms with Gasteiger partial charge < -0.3 is 10.0 Å². The lowest BCUT2D eigenvalue weighted by Crippen LogP contribution is -2.35. The van der Waals surface area contributed by atoms with Gasteiger partial charge in [0.2, 0.25) is 0 Å². The Morgan fingerprint density at radius 3 is 2.67 bits per heavy atom. The van der Waals surface area contributed by atoms with Crippen molar-refractivity contribution in [3.63, 3.8) is 0 Å². The second kappa shape index (κ2) is 3.46. The fourth-order valence-corrected chi connectivity index (χ4v) is 1.84. The van der Waals surface area contributed by atoms with Gasteiger partial charge in [-0.2, -0.15) is 0 Å². The Balaban J connectivity index is 2.56. The van der Waals surface area contributed by atoms with Crippen molar-refractivity contribution in [2.24, 2.45) is 0 Å². The lowest BCUT2D eigenvalue weighted by Gasteiger charge is -2.25. The minimum atomic E-state index is -0.626. The first-order valence-electron chi connectivity index (χ1n) is 3.96. The molecule has 2 nitrogen and oxygen atoms in total. The molecule has 0 saturated carbocycles. The Morgan fingerprint density at radius 1 is 1.58 bits per heavy atom. The fraction of sp³-hybridized carbons (Fsp3) is 0.556. The summed E-state index contributed by atoms with van der Waals surface area (Å²) >= 11 is 1.69. The van der Waals surface area contributed by atoms with Crippen molar-refractivity contribution in [2.75, 3.05) is 18.5 Å². The zero-order valence-corrected chi connectivity index (χ0v) is 8.56. The largest absolute Gasteiger partial charge is 0.389 e. The quantitative estimate of drug-likeness (QED) is 0.778. The van der Waals surface area contributed by atoms with Gasteiger partial charge >= 0.3 is 0 Å². The molecule has 0 aromatic carbocycles. The summed E-state index contributed by atoms with van der Waals surface area (Å²) in [6.45, 7) is 4.29. The maximum Gasteiger partial charge on any atom is 0.0906 e. The highest BCUT2D eigenvalue weighted by Crippen LogP contribution is 2.21. The number of rotatable bonds is 3. The summed E-state index contributed by atoms with van der Waals surface area (Å²) < 4.78 is 0. The van der Waals surface area contributed by atoms with Crippen molar-refractivity contribution in [1.82, 2.24) is 0 Å². The summed E-state index contributed by atoms with van der Waals surface area (Å²) in [4.78, 5) is 2.06. The molecule has 1 N–H and O–H groups in total. The van der Waals surface area contributed by atoms with Crippen LogP contribution in [0.4, 0.5) is 5.00 Å². The SMILES string of the molecule is CN(CC(C)(C)O)c1cccs1. The highest BCUT2D eigenvalue weighted by atomic mass is 32.1. The van der Waals surface area contributed by atoms with Crippen LogP contribution in [0.3, 0.4) is 0 Å². The molecular weight excluding hydrogens is 170 g/mol. The van der Waals surface area contributed by atoms with Crippen molar-refractivity contribution in [3.8, 4) is 0 Å². The topological polar surface area (TPSA) is 23.5 Å². The Labute approximate surface area is 77.5 Å². The summed E-state index contributed by atoms with van der Waals surface area (Å²) in [5, 5.41) is 12.8. The molecule has 0 atom stereocenters. The Morgan fingerprint density at radius 2 is 2.25 bits per heavy atom. The first kappa shape index (κ1) is 9.55. The van der Waals surface area contributed by atoms with Crippen LogP contribution in [0, 0.1) is 0 Å². The van der Waals surface area contributed by atoms with E-state index in [0.717, 1.165) is 0 Å². The van der Waals surface area contributed by atoms with Crippen molar-refractivity contribution < 1.29 is 5.11 Å². The molecule has 0 fully saturated rings. The van der Waals surface area contributed by atoms with Gasteiger partial charge in [0.05, 0.1) is 10.6 Å². The van der Waals surface area contributed by atoms with Gasteiger partial charge in [0.15, 0.2) is 0 Å². The van der Waals surface area contributed by atoms with Gasteiger partial charge in [-0.1, -0.05) is 0 Å². The number of anilines is 1. The number of likely N-dealkylation sites (N-methyl/N-ethyl adjacent to an activating group) is 1. The van der Waals surface area contributed by atoms with Crippen LogP contribution in [-0.4, -0.2) is 24.3 Å². The van der Waals surface area contributed by atoms with Gasteiger partial charge in [-0.25, -0.2) is 0 Å².